The largest absolute Gasteiger partial charge is 0.378 e. The fraction of sp³-hybridized carbons (Fsp3) is 0.278. The van der Waals surface area contributed by atoms with Crippen molar-refractivity contribution >= 4 is 44.6 Å². The van der Waals surface area contributed by atoms with Gasteiger partial charge in [0.1, 0.15) is 11.1 Å². The van der Waals surface area contributed by atoms with Gasteiger partial charge < -0.3 is 10.2 Å². The highest BCUT2D eigenvalue weighted by Gasteiger charge is 2.29. The molecule has 0 radical (unpaired) electrons. The molecule has 0 aliphatic rings. The number of hydrogen-bond acceptors (Lipinski definition) is 4. The van der Waals surface area contributed by atoms with E-state index in [0.29, 0.717) is 10.6 Å². The number of rotatable bonds is 7. The molecular formula is C18H20Cl2N2O3S. The maximum Gasteiger partial charge on any atom is 0.234 e. The van der Waals surface area contributed by atoms with Crippen LogP contribution in [0.4, 0.5) is 5.69 Å². The lowest BCUT2D eigenvalue weighted by atomic mass is 10.1. The molecule has 1 atom stereocenters. The van der Waals surface area contributed by atoms with Gasteiger partial charge in [-0.2, -0.15) is 0 Å². The minimum atomic E-state index is -3.74. The van der Waals surface area contributed by atoms with Crippen LogP contribution in [-0.2, 0) is 14.6 Å². The lowest BCUT2D eigenvalue weighted by Gasteiger charge is -2.20. The molecule has 26 heavy (non-hydrogen) atoms. The Hall–Kier alpha value is -1.76. The van der Waals surface area contributed by atoms with Gasteiger partial charge in [0, 0.05) is 31.4 Å². The number of hydrogen-bond donors (Lipinski definition) is 1. The van der Waals surface area contributed by atoms with Gasteiger partial charge in [-0.25, -0.2) is 8.42 Å². The number of anilines is 1. The number of carbonyl (C=O) groups is 1. The van der Waals surface area contributed by atoms with Crippen molar-refractivity contribution in [3.63, 3.8) is 0 Å². The molecule has 140 valence electrons. The third-order valence-corrected chi connectivity index (χ3v) is 6.52. The molecule has 0 fully saturated rings. The SMILES string of the molecule is CN(C)c1ccc([C@@H](CNC(=O)CCl)S(=O)(=O)c2ccc(Cl)cc2)cc1. The molecule has 0 aliphatic heterocycles. The summed E-state index contributed by atoms with van der Waals surface area (Å²) in [6.07, 6.45) is 0. The Bertz CT molecular complexity index is 851. The summed E-state index contributed by atoms with van der Waals surface area (Å²) in [5.41, 5.74) is 1.53. The van der Waals surface area contributed by atoms with Gasteiger partial charge in [-0.05, 0) is 42.0 Å². The van der Waals surface area contributed by atoms with E-state index in [4.69, 9.17) is 23.2 Å². The second-order valence-electron chi connectivity index (χ2n) is 5.91. The van der Waals surface area contributed by atoms with Gasteiger partial charge in [-0.3, -0.25) is 4.79 Å². The molecule has 8 heteroatoms. The summed E-state index contributed by atoms with van der Waals surface area (Å²) in [5, 5.41) is 2.08. The van der Waals surface area contributed by atoms with E-state index in [1.807, 2.05) is 31.1 Å². The Morgan fingerprint density at radius 1 is 1.08 bits per heavy atom. The summed E-state index contributed by atoms with van der Waals surface area (Å²) in [6, 6.07) is 13.1. The predicted octanol–water partition coefficient (Wildman–Crippen LogP) is 3.28. The van der Waals surface area contributed by atoms with Gasteiger partial charge in [-0.1, -0.05) is 23.7 Å². The van der Waals surface area contributed by atoms with E-state index in [-0.39, 0.29) is 17.3 Å². The topological polar surface area (TPSA) is 66.5 Å². The fourth-order valence-corrected chi connectivity index (χ4v) is 4.32. The Morgan fingerprint density at radius 3 is 2.15 bits per heavy atom. The molecule has 0 bridgehead atoms. The molecule has 1 N–H and O–H groups in total. The number of nitrogens with zero attached hydrogens (tertiary/aromatic N) is 1. The molecule has 0 heterocycles. The predicted molar refractivity (Wildman–Crippen MR) is 106 cm³/mol. The van der Waals surface area contributed by atoms with Crippen LogP contribution in [0.25, 0.3) is 0 Å². The van der Waals surface area contributed by atoms with Crippen molar-refractivity contribution in [3.8, 4) is 0 Å². The first-order valence-corrected chi connectivity index (χ1v) is 10.3. The van der Waals surface area contributed by atoms with Crippen LogP contribution in [-0.4, -0.2) is 40.8 Å². The average Bonchev–Trinajstić information content (AvgIpc) is 2.62. The maximum atomic E-state index is 13.1. The van der Waals surface area contributed by atoms with Gasteiger partial charge >= 0.3 is 0 Å². The van der Waals surface area contributed by atoms with E-state index >= 15 is 0 Å². The first kappa shape index (κ1) is 20.6. The zero-order valence-electron chi connectivity index (χ0n) is 14.4. The number of sulfone groups is 1. The summed E-state index contributed by atoms with van der Waals surface area (Å²) < 4.78 is 26.3. The minimum absolute atomic E-state index is 0.0716. The van der Waals surface area contributed by atoms with Crippen LogP contribution in [0, 0.1) is 0 Å². The van der Waals surface area contributed by atoms with Crippen LogP contribution in [0.3, 0.4) is 0 Å². The van der Waals surface area contributed by atoms with E-state index in [9.17, 15) is 13.2 Å². The van der Waals surface area contributed by atoms with Crippen molar-refractivity contribution in [2.24, 2.45) is 0 Å². The maximum absolute atomic E-state index is 13.1. The highest BCUT2D eigenvalue weighted by atomic mass is 35.5. The van der Waals surface area contributed by atoms with Crippen LogP contribution in [0.5, 0.6) is 0 Å². The van der Waals surface area contributed by atoms with E-state index < -0.39 is 21.0 Å². The number of benzene rings is 2. The second-order valence-corrected chi connectivity index (χ2v) is 8.75. The number of alkyl halides is 1. The van der Waals surface area contributed by atoms with Crippen molar-refractivity contribution in [1.29, 1.82) is 0 Å². The van der Waals surface area contributed by atoms with E-state index in [1.165, 1.54) is 24.3 Å². The third kappa shape index (κ3) is 4.90. The van der Waals surface area contributed by atoms with Crippen LogP contribution in [0.2, 0.25) is 5.02 Å². The second kappa shape index (κ2) is 8.75. The lowest BCUT2D eigenvalue weighted by molar-refractivity contribution is -0.118. The summed E-state index contributed by atoms with van der Waals surface area (Å²) >= 11 is 11.4. The van der Waals surface area contributed by atoms with Crippen LogP contribution < -0.4 is 10.2 Å². The number of carbonyl (C=O) groups excluding carboxylic acids is 1. The Morgan fingerprint density at radius 2 is 1.65 bits per heavy atom. The molecule has 1 amide bonds. The van der Waals surface area contributed by atoms with Gasteiger partial charge in [0.25, 0.3) is 0 Å². The number of amides is 1. The van der Waals surface area contributed by atoms with Gasteiger partial charge in [0.2, 0.25) is 5.91 Å². The van der Waals surface area contributed by atoms with E-state index in [2.05, 4.69) is 5.32 Å². The summed E-state index contributed by atoms with van der Waals surface area (Å²) in [4.78, 5) is 13.6. The molecular weight excluding hydrogens is 395 g/mol. The van der Waals surface area contributed by atoms with Crippen LogP contribution in [0.15, 0.2) is 53.4 Å². The summed E-state index contributed by atoms with van der Waals surface area (Å²) in [5.74, 6) is -0.652. The zero-order valence-corrected chi connectivity index (χ0v) is 16.8. The zero-order chi connectivity index (χ0) is 19.3. The minimum Gasteiger partial charge on any atom is -0.378 e. The van der Waals surface area contributed by atoms with E-state index in [0.717, 1.165) is 5.69 Å². The summed E-state index contributed by atoms with van der Waals surface area (Å²) in [6.45, 7) is -0.0716. The Kier molecular flexibility index (Phi) is 6.92. The molecule has 2 aromatic carbocycles. The van der Waals surface area contributed by atoms with Crippen LogP contribution in [0.1, 0.15) is 10.8 Å². The lowest BCUT2D eigenvalue weighted by Crippen LogP contribution is -2.32. The quantitative estimate of drug-likeness (QED) is 0.705. The molecule has 0 unspecified atom stereocenters. The first-order chi connectivity index (χ1) is 12.3. The highest BCUT2D eigenvalue weighted by Crippen LogP contribution is 2.30. The molecule has 0 saturated carbocycles. The first-order valence-electron chi connectivity index (χ1n) is 7.85. The van der Waals surface area contributed by atoms with Crippen molar-refractivity contribution in [2.75, 3.05) is 31.4 Å². The van der Waals surface area contributed by atoms with Crippen LogP contribution >= 0.6 is 23.2 Å². The molecule has 2 rings (SSSR count). The van der Waals surface area contributed by atoms with E-state index in [1.54, 1.807) is 12.1 Å². The monoisotopic (exact) mass is 414 g/mol. The molecule has 0 spiro atoms. The molecule has 0 aromatic heterocycles. The average molecular weight is 415 g/mol. The van der Waals surface area contributed by atoms with Gasteiger partial charge in [0.05, 0.1) is 4.90 Å². The Balaban J connectivity index is 2.42. The molecule has 5 nitrogen and oxygen atoms in total. The van der Waals surface area contributed by atoms with Gasteiger partial charge in [0.15, 0.2) is 9.84 Å². The fourth-order valence-electron chi connectivity index (χ4n) is 2.44. The smallest absolute Gasteiger partial charge is 0.234 e. The Labute approximate surface area is 163 Å². The number of halogens is 2. The van der Waals surface area contributed by atoms with Crippen molar-refractivity contribution in [3.05, 3.63) is 59.1 Å². The highest BCUT2D eigenvalue weighted by molar-refractivity contribution is 7.91. The standard InChI is InChI=1S/C18H20Cl2N2O3S/c1-22(2)15-7-3-13(4-8-15)17(12-21-18(23)11-19)26(24,25)16-9-5-14(20)6-10-16/h3-10,17H,11-12H2,1-2H3,(H,21,23)/t17-/m1/s1. The summed E-state index contributed by atoms with van der Waals surface area (Å²) in [7, 11) is 0.0629. The van der Waals surface area contributed by atoms with Crippen molar-refractivity contribution in [2.45, 2.75) is 10.1 Å². The third-order valence-electron chi connectivity index (χ3n) is 3.90. The normalized spacial score (nSPS) is 12.5. The molecule has 2 aromatic rings. The number of nitrogens with one attached hydrogen (secondary N) is 1. The molecule has 0 saturated heterocycles. The molecule has 0 aliphatic carbocycles. The van der Waals surface area contributed by atoms with Crippen molar-refractivity contribution in [1.82, 2.24) is 5.32 Å². The van der Waals surface area contributed by atoms with Gasteiger partial charge in [-0.15, -0.1) is 11.6 Å². The van der Waals surface area contributed by atoms with Crippen molar-refractivity contribution < 1.29 is 13.2 Å².